The third-order valence-corrected chi connectivity index (χ3v) is 8.61. The Labute approximate surface area is 229 Å². The van der Waals surface area contributed by atoms with Crippen molar-refractivity contribution in [3.8, 4) is 22.9 Å². The van der Waals surface area contributed by atoms with E-state index in [0.29, 0.717) is 54.3 Å². The molecule has 3 N–H and O–H groups in total. The molecule has 1 aromatic carbocycles. The highest BCUT2D eigenvalue weighted by Gasteiger charge is 2.45. The molecule has 11 nitrogen and oxygen atoms in total. The van der Waals surface area contributed by atoms with Crippen LogP contribution in [0, 0.1) is 0 Å². The van der Waals surface area contributed by atoms with Crippen LogP contribution in [0.4, 0.5) is 0 Å². The number of cyclic esters (lactones) is 1. The lowest BCUT2D eigenvalue weighted by Gasteiger charge is -2.31. The van der Waals surface area contributed by atoms with E-state index >= 15 is 0 Å². The van der Waals surface area contributed by atoms with E-state index in [0.717, 1.165) is 29.4 Å². The summed E-state index contributed by atoms with van der Waals surface area (Å²) in [5.74, 6) is 0.445. The number of aryl methyl sites for hydroxylation is 1. The van der Waals surface area contributed by atoms with Crippen LogP contribution in [-0.4, -0.2) is 57.4 Å². The van der Waals surface area contributed by atoms with Gasteiger partial charge in [0, 0.05) is 35.2 Å². The largest absolute Gasteiger partial charge is 0.458 e. The number of benzene rings is 1. The van der Waals surface area contributed by atoms with Crippen LogP contribution in [0.1, 0.15) is 54.9 Å². The molecule has 2 aromatic heterocycles. The molecule has 0 radical (unpaired) electrons. The number of aromatic nitrogens is 2. The highest BCUT2D eigenvalue weighted by molar-refractivity contribution is 5.91. The van der Waals surface area contributed by atoms with E-state index in [1.165, 1.54) is 0 Å². The number of esters is 1. The quantitative estimate of drug-likeness (QED) is 0.331. The summed E-state index contributed by atoms with van der Waals surface area (Å²) in [5, 5.41) is 12.1. The molecule has 208 valence electrons. The zero-order valence-electron chi connectivity index (χ0n) is 22.2. The summed E-state index contributed by atoms with van der Waals surface area (Å²) in [6.45, 7) is 2.52. The fourth-order valence-electron chi connectivity index (χ4n) is 6.28. The van der Waals surface area contributed by atoms with Gasteiger partial charge in [0.2, 0.25) is 12.7 Å². The average Bonchev–Trinajstić information content (AvgIpc) is 3.58. The lowest BCUT2D eigenvalue weighted by molar-refractivity contribution is -0.172. The molecule has 0 unspecified atom stereocenters. The molecule has 1 aliphatic carbocycles. The van der Waals surface area contributed by atoms with Crippen LogP contribution in [-0.2, 0) is 39.5 Å². The van der Waals surface area contributed by atoms with Gasteiger partial charge in [-0.3, -0.25) is 9.59 Å². The summed E-state index contributed by atoms with van der Waals surface area (Å²) in [4.78, 5) is 45.5. The van der Waals surface area contributed by atoms with Crippen LogP contribution < -0.4 is 20.8 Å². The molecule has 1 amide bonds. The monoisotopic (exact) mass is 546 g/mol. The van der Waals surface area contributed by atoms with Gasteiger partial charge in [0.25, 0.3) is 5.56 Å². The van der Waals surface area contributed by atoms with Gasteiger partial charge in [-0.15, -0.1) is 0 Å². The summed E-state index contributed by atoms with van der Waals surface area (Å²) >= 11 is 0. The van der Waals surface area contributed by atoms with Gasteiger partial charge in [-0.1, -0.05) is 6.92 Å². The fourth-order valence-corrected chi connectivity index (χ4v) is 6.28. The van der Waals surface area contributed by atoms with Gasteiger partial charge in [0.1, 0.15) is 6.61 Å². The molecule has 3 aliphatic heterocycles. The molecule has 11 heteroatoms. The van der Waals surface area contributed by atoms with Crippen LogP contribution in [0.5, 0.6) is 11.5 Å². The van der Waals surface area contributed by atoms with E-state index in [1.807, 2.05) is 17.0 Å². The van der Waals surface area contributed by atoms with Gasteiger partial charge in [0.15, 0.2) is 17.1 Å². The van der Waals surface area contributed by atoms with Gasteiger partial charge in [-0.2, -0.15) is 0 Å². The second kappa shape index (κ2) is 9.03. The van der Waals surface area contributed by atoms with Crippen LogP contribution in [0.15, 0.2) is 23.0 Å². The SMILES string of the molecule is CC[C@@]1(O)C(=O)OCc2c1cc1n(c2=O)Cc2c-1nc1cc3c(cc1c2CCCN(C(=O)CN)C1CC1)OCO3. The topological polar surface area (TPSA) is 146 Å². The molecule has 0 spiro atoms. The van der Waals surface area contributed by atoms with Crippen molar-refractivity contribution in [2.45, 2.75) is 63.8 Å². The van der Waals surface area contributed by atoms with Gasteiger partial charge < -0.3 is 34.5 Å². The zero-order chi connectivity index (χ0) is 27.8. The second-order valence-electron chi connectivity index (χ2n) is 10.9. The van der Waals surface area contributed by atoms with Crippen molar-refractivity contribution in [3.05, 3.63) is 50.8 Å². The minimum atomic E-state index is -1.89. The Morgan fingerprint density at radius 1 is 1.18 bits per heavy atom. The first-order valence-electron chi connectivity index (χ1n) is 13.8. The number of carbonyl (C=O) groups is 2. The minimum Gasteiger partial charge on any atom is -0.458 e. The lowest BCUT2D eigenvalue weighted by Crippen LogP contribution is -2.44. The van der Waals surface area contributed by atoms with E-state index < -0.39 is 11.6 Å². The number of rotatable bonds is 7. The zero-order valence-corrected chi connectivity index (χ0v) is 22.2. The predicted octanol–water partition coefficient (Wildman–Crippen LogP) is 1.69. The number of fused-ring (bicyclic) bond motifs is 6. The maximum atomic E-state index is 13.7. The van der Waals surface area contributed by atoms with Gasteiger partial charge in [-0.25, -0.2) is 9.78 Å². The van der Waals surface area contributed by atoms with E-state index in [4.69, 9.17) is 24.9 Å². The molecule has 3 aromatic rings. The average molecular weight is 547 g/mol. The summed E-state index contributed by atoms with van der Waals surface area (Å²) in [5.41, 5.74) is 7.85. The van der Waals surface area contributed by atoms with Crippen LogP contribution in [0.2, 0.25) is 0 Å². The summed E-state index contributed by atoms with van der Waals surface area (Å²) < 4.78 is 18.1. The number of carbonyl (C=O) groups excluding carboxylic acids is 2. The standard InChI is InChI=1S/C29H30N4O7/c1-2-29(37)20-9-22-26-18(12-33(22)27(35)19(20)13-38-28(29)36)16(4-3-7-32(15-5-6-15)25(34)11-30)17-8-23-24(40-14-39-23)10-21(17)31-26/h8-10,15,37H,2-7,11-14,30H2,1H3/t29-/m0/s1. The molecular weight excluding hydrogens is 516 g/mol. The molecule has 4 aliphatic rings. The number of pyridine rings is 2. The summed E-state index contributed by atoms with van der Waals surface area (Å²) in [6.07, 6.45) is 3.43. The smallest absolute Gasteiger partial charge is 0.343 e. The first-order valence-corrected chi connectivity index (χ1v) is 13.8. The van der Waals surface area contributed by atoms with Crippen molar-refractivity contribution in [3.63, 3.8) is 0 Å². The number of ether oxygens (including phenoxy) is 3. The van der Waals surface area contributed by atoms with Crippen molar-refractivity contribution < 1.29 is 28.9 Å². The molecule has 1 atom stereocenters. The normalized spacial score (nSPS) is 20.2. The van der Waals surface area contributed by atoms with Crippen molar-refractivity contribution in [2.24, 2.45) is 5.73 Å². The Bertz CT molecular complexity index is 1660. The highest BCUT2D eigenvalue weighted by Crippen LogP contribution is 2.43. The Balaban J connectivity index is 1.35. The number of aliphatic hydroxyl groups is 1. The fraction of sp³-hybridized carbons (Fsp3) is 0.448. The second-order valence-corrected chi connectivity index (χ2v) is 10.9. The number of amides is 1. The molecular formula is C29H30N4O7. The van der Waals surface area contributed by atoms with Gasteiger partial charge in [0.05, 0.1) is 35.6 Å². The number of nitrogens with two attached hydrogens (primary N) is 1. The van der Waals surface area contributed by atoms with E-state index in [1.54, 1.807) is 17.6 Å². The highest BCUT2D eigenvalue weighted by atomic mass is 16.7. The van der Waals surface area contributed by atoms with E-state index in [9.17, 15) is 19.5 Å². The molecule has 0 saturated heterocycles. The van der Waals surface area contributed by atoms with Gasteiger partial charge >= 0.3 is 5.97 Å². The van der Waals surface area contributed by atoms with Crippen molar-refractivity contribution in [2.75, 3.05) is 19.9 Å². The molecule has 1 fully saturated rings. The Hall–Kier alpha value is -3.96. The third kappa shape index (κ3) is 3.64. The van der Waals surface area contributed by atoms with Crippen molar-refractivity contribution in [1.29, 1.82) is 0 Å². The van der Waals surface area contributed by atoms with Crippen LogP contribution in [0.3, 0.4) is 0 Å². The summed E-state index contributed by atoms with van der Waals surface area (Å²) in [6, 6.07) is 5.76. The van der Waals surface area contributed by atoms with Crippen LogP contribution >= 0.6 is 0 Å². The Morgan fingerprint density at radius 3 is 2.67 bits per heavy atom. The Morgan fingerprint density at radius 2 is 1.95 bits per heavy atom. The van der Waals surface area contributed by atoms with Crippen LogP contribution in [0.25, 0.3) is 22.3 Å². The maximum Gasteiger partial charge on any atom is 0.343 e. The first kappa shape index (κ1) is 25.0. The number of hydrogen-bond acceptors (Lipinski definition) is 9. The Kier molecular flexibility index (Phi) is 5.65. The molecule has 5 heterocycles. The summed E-state index contributed by atoms with van der Waals surface area (Å²) in [7, 11) is 0. The minimum absolute atomic E-state index is 0.00716. The van der Waals surface area contributed by atoms with Crippen molar-refractivity contribution in [1.82, 2.24) is 14.5 Å². The van der Waals surface area contributed by atoms with E-state index in [-0.39, 0.29) is 55.0 Å². The molecule has 0 bridgehead atoms. The maximum absolute atomic E-state index is 13.7. The molecule has 1 saturated carbocycles. The number of nitrogens with zero attached hydrogens (tertiary/aromatic N) is 3. The van der Waals surface area contributed by atoms with E-state index in [2.05, 4.69) is 0 Å². The van der Waals surface area contributed by atoms with Crippen molar-refractivity contribution >= 4 is 22.8 Å². The third-order valence-electron chi connectivity index (χ3n) is 8.61. The van der Waals surface area contributed by atoms with Gasteiger partial charge in [-0.05, 0) is 49.8 Å². The predicted molar refractivity (Wildman–Crippen MR) is 143 cm³/mol. The molecule has 40 heavy (non-hydrogen) atoms. The number of hydrogen-bond donors (Lipinski definition) is 2. The lowest BCUT2D eigenvalue weighted by atomic mass is 9.86. The molecule has 7 rings (SSSR count). The first-order chi connectivity index (χ1) is 19.3.